The van der Waals surface area contributed by atoms with Gasteiger partial charge in [0.15, 0.2) is 0 Å². The molecule has 2 aromatic rings. The van der Waals surface area contributed by atoms with Gasteiger partial charge >= 0.3 is 0 Å². The summed E-state index contributed by atoms with van der Waals surface area (Å²) in [5.74, 6) is 0.109. The summed E-state index contributed by atoms with van der Waals surface area (Å²) >= 11 is 4.73. The second-order valence-corrected chi connectivity index (χ2v) is 7.91. The number of thiophene rings is 1. The van der Waals surface area contributed by atoms with E-state index in [0.717, 1.165) is 34.3 Å². The Labute approximate surface area is 153 Å². The van der Waals surface area contributed by atoms with Crippen LogP contribution in [0.25, 0.3) is 0 Å². The van der Waals surface area contributed by atoms with Crippen LogP contribution in [0.3, 0.4) is 0 Å². The van der Waals surface area contributed by atoms with Crippen molar-refractivity contribution in [2.24, 2.45) is 5.92 Å². The normalized spacial score (nSPS) is 14.9. The van der Waals surface area contributed by atoms with Crippen molar-refractivity contribution in [3.8, 4) is 0 Å². The molecule has 1 heterocycles. The minimum Gasteiger partial charge on any atom is -0.345 e. The molecule has 6 heteroatoms. The zero-order valence-corrected chi connectivity index (χ0v) is 15.7. The molecule has 0 radical (unpaired) electrons. The largest absolute Gasteiger partial charge is 0.345 e. The fourth-order valence-corrected chi connectivity index (χ4v) is 3.52. The Hall–Kier alpha value is -1.66. The zero-order chi connectivity index (χ0) is 17.1. The first kappa shape index (κ1) is 17.2. The van der Waals surface area contributed by atoms with Gasteiger partial charge in [-0.1, -0.05) is 35.0 Å². The van der Waals surface area contributed by atoms with Gasteiger partial charge in [-0.15, -0.1) is 11.3 Å². The van der Waals surface area contributed by atoms with Crippen molar-refractivity contribution in [2.45, 2.75) is 32.2 Å². The van der Waals surface area contributed by atoms with E-state index in [1.807, 2.05) is 31.2 Å². The maximum absolute atomic E-state index is 12.5. The van der Waals surface area contributed by atoms with Crippen LogP contribution in [0.4, 0.5) is 5.00 Å². The van der Waals surface area contributed by atoms with Gasteiger partial charge in [0.1, 0.15) is 0 Å². The molecular weight excluding hydrogens is 388 g/mol. The van der Waals surface area contributed by atoms with Crippen LogP contribution in [0, 0.1) is 5.92 Å². The summed E-state index contributed by atoms with van der Waals surface area (Å²) in [6, 6.07) is 11.5. The van der Waals surface area contributed by atoms with Crippen molar-refractivity contribution < 1.29 is 9.59 Å². The highest BCUT2D eigenvalue weighted by Crippen LogP contribution is 2.31. The number of anilines is 1. The Morgan fingerprint density at radius 1 is 1.21 bits per heavy atom. The number of benzene rings is 1. The Bertz CT molecular complexity index is 738. The fraction of sp³-hybridized carbons (Fsp3) is 0.333. The predicted octanol–water partition coefficient (Wildman–Crippen LogP) is 4.74. The Morgan fingerprint density at radius 3 is 2.54 bits per heavy atom. The van der Waals surface area contributed by atoms with E-state index in [9.17, 15) is 9.59 Å². The van der Waals surface area contributed by atoms with Crippen LogP contribution in [0.2, 0.25) is 0 Å². The smallest absolute Gasteiger partial charge is 0.261 e. The highest BCUT2D eigenvalue weighted by molar-refractivity contribution is 9.10. The highest BCUT2D eigenvalue weighted by atomic mass is 79.9. The zero-order valence-electron chi connectivity index (χ0n) is 13.3. The van der Waals surface area contributed by atoms with Gasteiger partial charge in [-0.25, -0.2) is 0 Å². The average molecular weight is 407 g/mol. The van der Waals surface area contributed by atoms with Gasteiger partial charge in [-0.3, -0.25) is 9.59 Å². The third kappa shape index (κ3) is 4.24. The number of amides is 2. The van der Waals surface area contributed by atoms with E-state index in [2.05, 4.69) is 26.6 Å². The summed E-state index contributed by atoms with van der Waals surface area (Å²) < 4.78 is 1.02. The van der Waals surface area contributed by atoms with Crippen molar-refractivity contribution in [3.05, 3.63) is 51.3 Å². The maximum atomic E-state index is 12.5. The lowest BCUT2D eigenvalue weighted by Gasteiger charge is -2.17. The second-order valence-electron chi connectivity index (χ2n) is 5.91. The summed E-state index contributed by atoms with van der Waals surface area (Å²) in [4.78, 5) is 24.9. The number of carbonyl (C=O) groups is 2. The molecule has 1 fully saturated rings. The van der Waals surface area contributed by atoms with Gasteiger partial charge in [-0.2, -0.15) is 0 Å². The van der Waals surface area contributed by atoms with Crippen molar-refractivity contribution >= 4 is 44.1 Å². The summed E-state index contributed by atoms with van der Waals surface area (Å²) in [7, 11) is 0. The number of hydrogen-bond donors (Lipinski definition) is 2. The average Bonchev–Trinajstić information content (AvgIpc) is 3.33. The quantitative estimate of drug-likeness (QED) is 0.727. The standard InChI is InChI=1S/C18H19BrN2O2S/c1-2-14(11-5-7-13(19)8-6-11)20-18(23)15-9-10-16(24-15)21-17(22)12-3-4-12/h5-10,12,14H,2-4H2,1H3,(H,20,23)(H,21,22)/t14-/m1/s1. The summed E-state index contributed by atoms with van der Waals surface area (Å²) in [6.45, 7) is 2.04. The van der Waals surface area contributed by atoms with E-state index in [1.54, 1.807) is 12.1 Å². The molecule has 0 saturated heterocycles. The molecule has 0 unspecified atom stereocenters. The lowest BCUT2D eigenvalue weighted by Crippen LogP contribution is -2.27. The molecule has 24 heavy (non-hydrogen) atoms. The molecule has 2 N–H and O–H groups in total. The first-order chi connectivity index (χ1) is 11.6. The molecule has 1 aromatic heterocycles. The Balaban J connectivity index is 1.63. The van der Waals surface area contributed by atoms with Gasteiger partial charge in [0.25, 0.3) is 5.91 Å². The fourth-order valence-electron chi connectivity index (χ4n) is 2.44. The van der Waals surface area contributed by atoms with E-state index in [4.69, 9.17) is 0 Å². The first-order valence-electron chi connectivity index (χ1n) is 8.04. The van der Waals surface area contributed by atoms with Crippen LogP contribution in [0.5, 0.6) is 0 Å². The van der Waals surface area contributed by atoms with E-state index in [0.29, 0.717) is 4.88 Å². The highest BCUT2D eigenvalue weighted by Gasteiger charge is 2.30. The monoisotopic (exact) mass is 406 g/mol. The van der Waals surface area contributed by atoms with Crippen molar-refractivity contribution in [1.82, 2.24) is 5.32 Å². The van der Waals surface area contributed by atoms with Gasteiger partial charge in [0.2, 0.25) is 5.91 Å². The van der Waals surface area contributed by atoms with Crippen LogP contribution < -0.4 is 10.6 Å². The van der Waals surface area contributed by atoms with Crippen LogP contribution in [-0.2, 0) is 4.79 Å². The number of carbonyl (C=O) groups excluding carboxylic acids is 2. The molecule has 1 saturated carbocycles. The van der Waals surface area contributed by atoms with Gasteiger partial charge in [-0.05, 0) is 49.1 Å². The second kappa shape index (κ2) is 7.49. The maximum Gasteiger partial charge on any atom is 0.261 e. The van der Waals surface area contributed by atoms with Crippen molar-refractivity contribution in [2.75, 3.05) is 5.32 Å². The predicted molar refractivity (Wildman–Crippen MR) is 100 cm³/mol. The topological polar surface area (TPSA) is 58.2 Å². The molecule has 2 amide bonds. The van der Waals surface area contributed by atoms with E-state index in [1.165, 1.54) is 11.3 Å². The molecule has 1 aromatic carbocycles. The molecule has 0 bridgehead atoms. The SMILES string of the molecule is CC[C@@H](NC(=O)c1ccc(NC(=O)C2CC2)s1)c1ccc(Br)cc1. The van der Waals surface area contributed by atoms with Gasteiger partial charge in [0.05, 0.1) is 15.9 Å². The third-order valence-corrected chi connectivity index (χ3v) is 5.54. The van der Waals surface area contributed by atoms with Crippen LogP contribution in [-0.4, -0.2) is 11.8 Å². The number of nitrogens with one attached hydrogen (secondary N) is 2. The van der Waals surface area contributed by atoms with Gasteiger partial charge in [0, 0.05) is 10.4 Å². The van der Waals surface area contributed by atoms with Crippen LogP contribution in [0.15, 0.2) is 40.9 Å². The summed E-state index contributed by atoms with van der Waals surface area (Å²) in [6.07, 6.45) is 2.75. The minimum atomic E-state index is -0.110. The molecule has 126 valence electrons. The number of rotatable bonds is 6. The van der Waals surface area contributed by atoms with E-state index < -0.39 is 0 Å². The molecule has 1 aliphatic carbocycles. The van der Waals surface area contributed by atoms with Gasteiger partial charge < -0.3 is 10.6 Å². The van der Waals surface area contributed by atoms with Crippen LogP contribution >= 0.6 is 27.3 Å². The van der Waals surface area contributed by atoms with E-state index in [-0.39, 0.29) is 23.8 Å². The summed E-state index contributed by atoms with van der Waals surface area (Å²) in [5.41, 5.74) is 1.08. The Kier molecular flexibility index (Phi) is 5.36. The number of halogens is 1. The molecule has 1 atom stereocenters. The minimum absolute atomic E-state index is 0.0304. The van der Waals surface area contributed by atoms with Crippen LogP contribution in [0.1, 0.15) is 47.5 Å². The third-order valence-electron chi connectivity index (χ3n) is 4.01. The van der Waals surface area contributed by atoms with Crippen molar-refractivity contribution in [1.29, 1.82) is 0 Å². The molecule has 4 nitrogen and oxygen atoms in total. The molecule has 0 spiro atoms. The summed E-state index contributed by atoms with van der Waals surface area (Å²) in [5, 5.41) is 6.67. The molecule has 1 aliphatic rings. The van der Waals surface area contributed by atoms with E-state index >= 15 is 0 Å². The first-order valence-corrected chi connectivity index (χ1v) is 9.64. The Morgan fingerprint density at radius 2 is 1.92 bits per heavy atom. The molecule has 3 rings (SSSR count). The lowest BCUT2D eigenvalue weighted by atomic mass is 10.0. The molecular formula is C18H19BrN2O2S. The number of hydrogen-bond acceptors (Lipinski definition) is 3. The lowest BCUT2D eigenvalue weighted by molar-refractivity contribution is -0.117. The van der Waals surface area contributed by atoms with Crippen molar-refractivity contribution in [3.63, 3.8) is 0 Å². The molecule has 0 aliphatic heterocycles.